The Morgan fingerprint density at radius 2 is 1.74 bits per heavy atom. The van der Waals surface area contributed by atoms with E-state index in [0.717, 1.165) is 21.8 Å². The number of carbonyl (C=O) groups is 2. The topological polar surface area (TPSA) is 85.9 Å². The SMILES string of the molecule is COc1ccc(C(=O)N/C(=C\c2cccs2)C(=O)NCCOc2ccc(C)cc2C)cc1OC. The van der Waals surface area contributed by atoms with Crippen molar-refractivity contribution in [2.45, 2.75) is 13.8 Å². The van der Waals surface area contributed by atoms with Crippen molar-refractivity contribution in [1.29, 1.82) is 0 Å². The summed E-state index contributed by atoms with van der Waals surface area (Å²) >= 11 is 1.46. The number of amides is 2. The lowest BCUT2D eigenvalue weighted by atomic mass is 10.1. The summed E-state index contributed by atoms with van der Waals surface area (Å²) in [5.41, 5.74) is 2.66. The highest BCUT2D eigenvalue weighted by Gasteiger charge is 2.16. The van der Waals surface area contributed by atoms with Gasteiger partial charge in [0.15, 0.2) is 11.5 Å². The molecule has 0 unspecified atom stereocenters. The van der Waals surface area contributed by atoms with Crippen LogP contribution >= 0.6 is 11.3 Å². The van der Waals surface area contributed by atoms with Gasteiger partial charge in [-0.15, -0.1) is 11.3 Å². The molecule has 0 bridgehead atoms. The first kappa shape index (κ1) is 24.9. The molecule has 34 heavy (non-hydrogen) atoms. The van der Waals surface area contributed by atoms with E-state index in [9.17, 15) is 9.59 Å². The van der Waals surface area contributed by atoms with Gasteiger partial charge in [-0.05, 0) is 61.2 Å². The van der Waals surface area contributed by atoms with Crippen LogP contribution in [0.5, 0.6) is 17.2 Å². The van der Waals surface area contributed by atoms with Crippen LogP contribution in [0.15, 0.2) is 59.6 Å². The Kier molecular flexibility index (Phi) is 8.70. The average molecular weight is 481 g/mol. The molecular formula is C26H28N2O5S. The first-order valence-corrected chi connectivity index (χ1v) is 11.6. The molecule has 2 amide bonds. The number of aryl methyl sites for hydroxylation is 2. The number of thiophene rings is 1. The summed E-state index contributed by atoms with van der Waals surface area (Å²) in [6, 6.07) is 14.5. The Bertz CT molecular complexity index is 1170. The normalized spacial score (nSPS) is 11.0. The number of hydrogen-bond donors (Lipinski definition) is 2. The van der Waals surface area contributed by atoms with Crippen LogP contribution in [0.3, 0.4) is 0 Å². The quantitative estimate of drug-likeness (QED) is 0.333. The second kappa shape index (κ2) is 11.9. The molecule has 0 fully saturated rings. The molecule has 7 nitrogen and oxygen atoms in total. The Morgan fingerprint density at radius 3 is 2.41 bits per heavy atom. The summed E-state index contributed by atoms with van der Waals surface area (Å²) in [6.07, 6.45) is 1.64. The predicted octanol–water partition coefficient (Wildman–Crippen LogP) is 4.35. The molecule has 1 aromatic heterocycles. The lowest BCUT2D eigenvalue weighted by molar-refractivity contribution is -0.117. The highest BCUT2D eigenvalue weighted by Crippen LogP contribution is 2.27. The van der Waals surface area contributed by atoms with Gasteiger partial charge < -0.3 is 24.8 Å². The second-order valence-corrected chi connectivity index (χ2v) is 8.45. The standard InChI is InChI=1S/C26H28N2O5S/c1-17-7-9-22(18(2)14-17)33-12-11-27-26(30)21(16-20-6-5-13-34-20)28-25(29)19-8-10-23(31-3)24(15-19)32-4/h5-10,13-16H,11-12H2,1-4H3,(H,27,30)(H,28,29)/b21-16-. The van der Waals surface area contributed by atoms with Crippen molar-refractivity contribution in [3.8, 4) is 17.2 Å². The third kappa shape index (κ3) is 6.62. The van der Waals surface area contributed by atoms with Crippen molar-refractivity contribution in [2.75, 3.05) is 27.4 Å². The Morgan fingerprint density at radius 1 is 0.971 bits per heavy atom. The largest absolute Gasteiger partial charge is 0.493 e. The van der Waals surface area contributed by atoms with E-state index in [1.54, 1.807) is 24.3 Å². The minimum absolute atomic E-state index is 0.133. The molecule has 0 aliphatic heterocycles. The van der Waals surface area contributed by atoms with Gasteiger partial charge in [0.2, 0.25) is 0 Å². The zero-order chi connectivity index (χ0) is 24.5. The maximum atomic E-state index is 12.9. The van der Waals surface area contributed by atoms with E-state index in [1.165, 1.54) is 25.6 Å². The van der Waals surface area contributed by atoms with Gasteiger partial charge in [0.1, 0.15) is 18.1 Å². The lowest BCUT2D eigenvalue weighted by Crippen LogP contribution is -2.36. The summed E-state index contributed by atoms with van der Waals surface area (Å²) in [6.45, 7) is 4.58. The Hall–Kier alpha value is -3.78. The number of nitrogens with one attached hydrogen (secondary N) is 2. The number of rotatable bonds is 10. The maximum absolute atomic E-state index is 12.9. The molecule has 3 aromatic rings. The number of ether oxygens (including phenoxy) is 3. The molecule has 3 rings (SSSR count). The van der Waals surface area contributed by atoms with Gasteiger partial charge in [0.25, 0.3) is 11.8 Å². The second-order valence-electron chi connectivity index (χ2n) is 7.47. The van der Waals surface area contributed by atoms with E-state index < -0.39 is 11.8 Å². The van der Waals surface area contributed by atoms with Crippen molar-refractivity contribution in [3.63, 3.8) is 0 Å². The third-order valence-electron chi connectivity index (χ3n) is 4.94. The van der Waals surface area contributed by atoms with Gasteiger partial charge in [0.05, 0.1) is 20.8 Å². The van der Waals surface area contributed by atoms with Gasteiger partial charge in [-0.3, -0.25) is 9.59 Å². The fourth-order valence-electron chi connectivity index (χ4n) is 3.23. The van der Waals surface area contributed by atoms with Crippen molar-refractivity contribution in [3.05, 3.63) is 81.2 Å². The molecule has 0 aliphatic carbocycles. The molecule has 0 saturated carbocycles. The van der Waals surface area contributed by atoms with E-state index in [1.807, 2.05) is 49.6 Å². The Balaban J connectivity index is 1.67. The fourth-order valence-corrected chi connectivity index (χ4v) is 3.89. The number of methoxy groups -OCH3 is 2. The highest BCUT2D eigenvalue weighted by atomic mass is 32.1. The van der Waals surface area contributed by atoms with Crippen LogP contribution in [-0.4, -0.2) is 39.2 Å². The van der Waals surface area contributed by atoms with Crippen LogP contribution in [0.25, 0.3) is 6.08 Å². The first-order valence-electron chi connectivity index (χ1n) is 10.7. The number of hydrogen-bond acceptors (Lipinski definition) is 6. The molecule has 178 valence electrons. The van der Waals surface area contributed by atoms with Crippen molar-refractivity contribution in [1.82, 2.24) is 10.6 Å². The maximum Gasteiger partial charge on any atom is 0.267 e. The van der Waals surface area contributed by atoms with Crippen molar-refractivity contribution >= 4 is 29.2 Å². The van der Waals surface area contributed by atoms with Gasteiger partial charge in [-0.1, -0.05) is 23.8 Å². The predicted molar refractivity (Wildman–Crippen MR) is 134 cm³/mol. The number of benzene rings is 2. The zero-order valence-electron chi connectivity index (χ0n) is 19.6. The minimum Gasteiger partial charge on any atom is -0.493 e. The fraction of sp³-hybridized carbons (Fsp3) is 0.231. The molecule has 0 atom stereocenters. The smallest absolute Gasteiger partial charge is 0.267 e. The molecule has 2 N–H and O–H groups in total. The molecule has 2 aromatic carbocycles. The highest BCUT2D eigenvalue weighted by molar-refractivity contribution is 7.10. The molecule has 8 heteroatoms. The summed E-state index contributed by atoms with van der Waals surface area (Å²) in [5.74, 6) is 0.856. The average Bonchev–Trinajstić information content (AvgIpc) is 3.35. The Labute approximate surface area is 203 Å². The van der Waals surface area contributed by atoms with Crippen LogP contribution in [0.1, 0.15) is 26.4 Å². The van der Waals surface area contributed by atoms with E-state index in [2.05, 4.69) is 10.6 Å². The van der Waals surface area contributed by atoms with E-state index in [-0.39, 0.29) is 12.2 Å². The van der Waals surface area contributed by atoms with Gasteiger partial charge in [-0.2, -0.15) is 0 Å². The summed E-state index contributed by atoms with van der Waals surface area (Å²) in [7, 11) is 3.02. The zero-order valence-corrected chi connectivity index (χ0v) is 20.5. The third-order valence-corrected chi connectivity index (χ3v) is 5.76. The van der Waals surface area contributed by atoms with Crippen LogP contribution < -0.4 is 24.8 Å². The van der Waals surface area contributed by atoms with E-state index >= 15 is 0 Å². The van der Waals surface area contributed by atoms with Gasteiger partial charge in [-0.25, -0.2) is 0 Å². The van der Waals surface area contributed by atoms with Crippen LogP contribution in [0.2, 0.25) is 0 Å². The molecular weight excluding hydrogens is 452 g/mol. The van der Waals surface area contributed by atoms with E-state index in [0.29, 0.717) is 23.7 Å². The van der Waals surface area contributed by atoms with Crippen LogP contribution in [0.4, 0.5) is 0 Å². The van der Waals surface area contributed by atoms with Crippen LogP contribution in [-0.2, 0) is 4.79 Å². The summed E-state index contributed by atoms with van der Waals surface area (Å²) in [5, 5.41) is 7.42. The van der Waals surface area contributed by atoms with E-state index in [4.69, 9.17) is 14.2 Å². The molecule has 1 heterocycles. The first-order chi connectivity index (χ1) is 16.4. The summed E-state index contributed by atoms with van der Waals surface area (Å²) < 4.78 is 16.3. The molecule has 0 saturated heterocycles. The number of carbonyl (C=O) groups excluding carboxylic acids is 2. The molecule has 0 aliphatic rings. The molecule has 0 spiro atoms. The van der Waals surface area contributed by atoms with Crippen molar-refractivity contribution < 1.29 is 23.8 Å². The van der Waals surface area contributed by atoms with Crippen LogP contribution in [0, 0.1) is 13.8 Å². The molecule has 0 radical (unpaired) electrons. The monoisotopic (exact) mass is 480 g/mol. The van der Waals surface area contributed by atoms with Gasteiger partial charge in [0, 0.05) is 10.4 Å². The lowest BCUT2D eigenvalue weighted by Gasteiger charge is -2.13. The van der Waals surface area contributed by atoms with Gasteiger partial charge >= 0.3 is 0 Å². The summed E-state index contributed by atoms with van der Waals surface area (Å²) in [4.78, 5) is 26.6. The van der Waals surface area contributed by atoms with Crippen molar-refractivity contribution in [2.24, 2.45) is 0 Å². The minimum atomic E-state index is -0.439.